The summed E-state index contributed by atoms with van der Waals surface area (Å²) in [6.45, 7) is 2.11. The van der Waals surface area contributed by atoms with Crippen LogP contribution in [0.5, 0.6) is 0 Å². The van der Waals surface area contributed by atoms with E-state index in [1.165, 1.54) is 23.5 Å². The van der Waals surface area contributed by atoms with Gasteiger partial charge in [-0.05, 0) is 18.6 Å². The van der Waals surface area contributed by atoms with Crippen molar-refractivity contribution in [2.24, 2.45) is 0 Å². The van der Waals surface area contributed by atoms with E-state index in [1.807, 2.05) is 0 Å². The Balaban J connectivity index is 2.05. The van der Waals surface area contributed by atoms with Crippen molar-refractivity contribution in [1.82, 2.24) is 15.2 Å². The second kappa shape index (κ2) is 6.97. The molecule has 1 amide bonds. The van der Waals surface area contributed by atoms with Gasteiger partial charge in [-0.3, -0.25) is 10.1 Å². The summed E-state index contributed by atoms with van der Waals surface area (Å²) in [5.74, 6) is -0.339. The number of carbonyl (C=O) groups excluding carboxylic acids is 1. The molecule has 5 nitrogen and oxygen atoms in total. The van der Waals surface area contributed by atoms with Gasteiger partial charge in [0.25, 0.3) is 5.91 Å². The van der Waals surface area contributed by atoms with E-state index < -0.39 is 0 Å². The lowest BCUT2D eigenvalue weighted by molar-refractivity contribution is 0.102. The van der Waals surface area contributed by atoms with E-state index in [4.69, 9.17) is 23.2 Å². The molecular formula is C12H12Cl2N4OS. The molecule has 2 heterocycles. The van der Waals surface area contributed by atoms with Gasteiger partial charge in [0.2, 0.25) is 5.13 Å². The molecule has 0 bridgehead atoms. The zero-order chi connectivity index (χ0) is 14.5. The third-order valence-corrected chi connectivity index (χ3v) is 3.74. The second-order valence-corrected chi connectivity index (χ2v) is 5.90. The molecule has 0 radical (unpaired) electrons. The predicted molar refractivity (Wildman–Crippen MR) is 80.7 cm³/mol. The lowest BCUT2D eigenvalue weighted by Gasteiger charge is -2.02. The van der Waals surface area contributed by atoms with Gasteiger partial charge in [-0.2, -0.15) is 0 Å². The summed E-state index contributed by atoms with van der Waals surface area (Å²) >= 11 is 12.9. The summed E-state index contributed by atoms with van der Waals surface area (Å²) in [4.78, 5) is 15.8. The summed E-state index contributed by atoms with van der Waals surface area (Å²) in [6, 6.07) is 2.89. The topological polar surface area (TPSA) is 67.8 Å². The molecule has 106 valence electrons. The van der Waals surface area contributed by atoms with Crippen LogP contribution in [-0.4, -0.2) is 21.1 Å². The summed E-state index contributed by atoms with van der Waals surface area (Å²) in [5, 5.41) is 12.3. The number of nitrogens with one attached hydrogen (secondary N) is 1. The summed E-state index contributed by atoms with van der Waals surface area (Å²) in [7, 11) is 0. The lowest BCUT2D eigenvalue weighted by atomic mass is 10.2. The molecule has 2 aromatic heterocycles. The smallest absolute Gasteiger partial charge is 0.257 e. The molecule has 1 N–H and O–H groups in total. The highest BCUT2D eigenvalue weighted by Crippen LogP contribution is 2.19. The first-order valence-corrected chi connectivity index (χ1v) is 7.62. The Bertz CT molecular complexity index is 597. The van der Waals surface area contributed by atoms with Gasteiger partial charge in [0.05, 0.1) is 0 Å². The number of amides is 1. The zero-order valence-electron chi connectivity index (χ0n) is 10.7. The zero-order valence-corrected chi connectivity index (χ0v) is 13.0. The number of nitrogens with zero attached hydrogens (tertiary/aromatic N) is 3. The maximum atomic E-state index is 12.0. The first-order chi connectivity index (χ1) is 9.58. The Morgan fingerprint density at radius 2 is 2.00 bits per heavy atom. The Morgan fingerprint density at radius 1 is 1.30 bits per heavy atom. The molecule has 0 aliphatic rings. The minimum Gasteiger partial charge on any atom is -0.296 e. The number of hydrogen-bond donors (Lipinski definition) is 1. The van der Waals surface area contributed by atoms with Crippen LogP contribution >= 0.6 is 34.5 Å². The van der Waals surface area contributed by atoms with E-state index in [1.54, 1.807) is 0 Å². The Labute approximate surface area is 130 Å². The molecule has 0 saturated carbocycles. The molecular weight excluding hydrogens is 319 g/mol. The van der Waals surface area contributed by atoms with Gasteiger partial charge < -0.3 is 0 Å². The number of hydrogen-bond acceptors (Lipinski definition) is 5. The number of unbranched alkanes of at least 4 members (excludes halogenated alkanes) is 1. The predicted octanol–water partition coefficient (Wildman–Crippen LogP) is 3.83. The van der Waals surface area contributed by atoms with Crippen LogP contribution in [0.3, 0.4) is 0 Å². The second-order valence-electron chi connectivity index (χ2n) is 4.06. The molecule has 0 saturated heterocycles. The monoisotopic (exact) mass is 330 g/mol. The fourth-order valence-corrected chi connectivity index (χ4v) is 2.74. The van der Waals surface area contributed by atoms with Crippen LogP contribution in [0.25, 0.3) is 0 Å². The van der Waals surface area contributed by atoms with Gasteiger partial charge >= 0.3 is 0 Å². The molecule has 0 aliphatic carbocycles. The molecule has 0 unspecified atom stereocenters. The fraction of sp³-hybridized carbons (Fsp3) is 0.333. The van der Waals surface area contributed by atoms with Gasteiger partial charge in [-0.25, -0.2) is 4.98 Å². The molecule has 0 fully saturated rings. The van der Waals surface area contributed by atoms with Gasteiger partial charge in [0.1, 0.15) is 15.3 Å². The van der Waals surface area contributed by atoms with Crippen LogP contribution in [-0.2, 0) is 6.42 Å². The molecule has 0 aliphatic heterocycles. The van der Waals surface area contributed by atoms with E-state index in [9.17, 15) is 4.79 Å². The maximum Gasteiger partial charge on any atom is 0.257 e. The molecule has 8 heteroatoms. The van der Waals surface area contributed by atoms with Crippen LogP contribution in [0.4, 0.5) is 5.13 Å². The number of rotatable bonds is 5. The highest BCUT2D eigenvalue weighted by Gasteiger charge is 2.12. The Kier molecular flexibility index (Phi) is 5.28. The van der Waals surface area contributed by atoms with Crippen molar-refractivity contribution < 1.29 is 4.79 Å². The molecule has 0 spiro atoms. The fourth-order valence-electron chi connectivity index (χ4n) is 1.50. The number of carbonyl (C=O) groups is 1. The van der Waals surface area contributed by atoms with Crippen molar-refractivity contribution in [3.8, 4) is 0 Å². The van der Waals surface area contributed by atoms with E-state index in [2.05, 4.69) is 27.4 Å². The minimum absolute atomic E-state index is 0.170. The third kappa shape index (κ3) is 4.13. The van der Waals surface area contributed by atoms with Crippen molar-refractivity contribution in [3.05, 3.63) is 33.0 Å². The highest BCUT2D eigenvalue weighted by molar-refractivity contribution is 7.15. The van der Waals surface area contributed by atoms with E-state index in [0.29, 0.717) is 10.7 Å². The molecule has 0 atom stereocenters. The van der Waals surface area contributed by atoms with Gasteiger partial charge in [0, 0.05) is 12.0 Å². The summed E-state index contributed by atoms with van der Waals surface area (Å²) in [6.07, 6.45) is 3.02. The average molecular weight is 331 g/mol. The Morgan fingerprint density at radius 3 is 2.65 bits per heavy atom. The largest absolute Gasteiger partial charge is 0.296 e. The van der Waals surface area contributed by atoms with Crippen molar-refractivity contribution >= 4 is 45.6 Å². The van der Waals surface area contributed by atoms with Crippen LogP contribution in [0.15, 0.2) is 12.1 Å². The van der Waals surface area contributed by atoms with Crippen molar-refractivity contribution in [1.29, 1.82) is 0 Å². The van der Waals surface area contributed by atoms with Crippen molar-refractivity contribution in [3.63, 3.8) is 0 Å². The number of aryl methyl sites for hydroxylation is 1. The van der Waals surface area contributed by atoms with Crippen LogP contribution < -0.4 is 5.32 Å². The Hall–Kier alpha value is -1.24. The standard InChI is InChI=1S/C12H12Cl2N4OS/c1-2-3-4-10-17-18-12(20-10)16-11(19)7-5-8(13)15-9(14)6-7/h5-6H,2-4H2,1H3,(H,16,18,19). The first-order valence-electron chi connectivity index (χ1n) is 6.05. The molecule has 20 heavy (non-hydrogen) atoms. The van der Waals surface area contributed by atoms with E-state index in [0.717, 1.165) is 24.3 Å². The third-order valence-electron chi connectivity index (χ3n) is 2.46. The number of halogens is 2. The lowest BCUT2D eigenvalue weighted by Crippen LogP contribution is -2.12. The number of anilines is 1. The number of aromatic nitrogens is 3. The maximum absolute atomic E-state index is 12.0. The van der Waals surface area contributed by atoms with Crippen molar-refractivity contribution in [2.45, 2.75) is 26.2 Å². The van der Waals surface area contributed by atoms with Gasteiger partial charge in [-0.15, -0.1) is 10.2 Å². The van der Waals surface area contributed by atoms with Crippen LogP contribution in [0.1, 0.15) is 35.1 Å². The van der Waals surface area contributed by atoms with Crippen LogP contribution in [0, 0.1) is 0 Å². The molecule has 0 aromatic carbocycles. The van der Waals surface area contributed by atoms with Crippen LogP contribution in [0.2, 0.25) is 10.3 Å². The summed E-state index contributed by atoms with van der Waals surface area (Å²) < 4.78 is 0. The average Bonchev–Trinajstić information content (AvgIpc) is 2.82. The molecule has 2 rings (SSSR count). The van der Waals surface area contributed by atoms with E-state index >= 15 is 0 Å². The summed E-state index contributed by atoms with van der Waals surface area (Å²) in [5.41, 5.74) is 0.334. The minimum atomic E-state index is -0.339. The van der Waals surface area contributed by atoms with Gasteiger partial charge in [0.15, 0.2) is 0 Å². The SMILES string of the molecule is CCCCc1nnc(NC(=O)c2cc(Cl)nc(Cl)c2)s1. The van der Waals surface area contributed by atoms with Crippen molar-refractivity contribution in [2.75, 3.05) is 5.32 Å². The normalized spacial score (nSPS) is 10.6. The quantitative estimate of drug-likeness (QED) is 0.846. The first kappa shape index (κ1) is 15.2. The highest BCUT2D eigenvalue weighted by atomic mass is 35.5. The van der Waals surface area contributed by atoms with Gasteiger partial charge in [-0.1, -0.05) is 47.9 Å². The molecule has 2 aromatic rings. The van der Waals surface area contributed by atoms with E-state index in [-0.39, 0.29) is 16.2 Å². The number of pyridine rings is 1.